The van der Waals surface area contributed by atoms with Gasteiger partial charge in [0.1, 0.15) is 6.04 Å². The van der Waals surface area contributed by atoms with Crippen molar-refractivity contribution in [3.8, 4) is 0 Å². The Morgan fingerprint density at radius 1 is 1.64 bits per heavy atom. The number of rotatable bonds is 5. The summed E-state index contributed by atoms with van der Waals surface area (Å²) in [5, 5.41) is 0. The molecule has 0 aromatic carbocycles. The molecule has 5 heteroatoms. The van der Waals surface area contributed by atoms with Gasteiger partial charge >= 0.3 is 5.97 Å². The summed E-state index contributed by atoms with van der Waals surface area (Å²) in [5.74, 6) is -3.78. The lowest BCUT2D eigenvalue weighted by Crippen LogP contribution is -2.34. The Balaban J connectivity index is 2.28. The van der Waals surface area contributed by atoms with Crippen LogP contribution in [0.1, 0.15) is 25.7 Å². The third kappa shape index (κ3) is 2.90. The molecule has 1 aliphatic carbocycles. The van der Waals surface area contributed by atoms with Gasteiger partial charge in [-0.3, -0.25) is 4.79 Å². The summed E-state index contributed by atoms with van der Waals surface area (Å²) in [6, 6.07) is -0.926. The van der Waals surface area contributed by atoms with Crippen molar-refractivity contribution < 1.29 is 18.3 Å². The van der Waals surface area contributed by atoms with Crippen LogP contribution in [0.4, 0.5) is 8.78 Å². The van der Waals surface area contributed by atoms with E-state index in [9.17, 15) is 13.6 Å². The van der Waals surface area contributed by atoms with Gasteiger partial charge in [0.2, 0.25) is 0 Å². The van der Waals surface area contributed by atoms with E-state index in [0.717, 1.165) is 0 Å². The lowest BCUT2D eigenvalue weighted by atomic mass is 10.0. The fraction of sp³-hybridized carbons (Fsp3) is 0.889. The van der Waals surface area contributed by atoms with Crippen molar-refractivity contribution in [3.05, 3.63) is 0 Å². The van der Waals surface area contributed by atoms with Gasteiger partial charge in [-0.1, -0.05) is 0 Å². The molecule has 1 rings (SSSR count). The zero-order valence-corrected chi connectivity index (χ0v) is 8.13. The molecule has 0 aromatic rings. The van der Waals surface area contributed by atoms with Gasteiger partial charge in [0.25, 0.3) is 5.92 Å². The Morgan fingerprint density at radius 3 is 2.64 bits per heavy atom. The summed E-state index contributed by atoms with van der Waals surface area (Å²) >= 11 is 0. The second-order valence-corrected chi connectivity index (χ2v) is 3.70. The van der Waals surface area contributed by atoms with Crippen LogP contribution < -0.4 is 5.73 Å². The van der Waals surface area contributed by atoms with Crippen molar-refractivity contribution in [2.45, 2.75) is 37.6 Å². The van der Waals surface area contributed by atoms with Gasteiger partial charge in [-0.2, -0.15) is 0 Å². The van der Waals surface area contributed by atoms with Gasteiger partial charge in [0, 0.05) is 12.3 Å². The highest BCUT2D eigenvalue weighted by Crippen LogP contribution is 2.45. The van der Waals surface area contributed by atoms with E-state index in [4.69, 9.17) is 5.73 Å². The van der Waals surface area contributed by atoms with Gasteiger partial charge < -0.3 is 10.5 Å². The van der Waals surface area contributed by atoms with Crippen LogP contribution in [0.25, 0.3) is 0 Å². The maximum absolute atomic E-state index is 13.1. The minimum absolute atomic E-state index is 0.0177. The molecule has 0 amide bonds. The Bertz CT molecular complexity index is 217. The van der Waals surface area contributed by atoms with Crippen LogP contribution in [-0.2, 0) is 9.53 Å². The monoisotopic (exact) mass is 207 g/mol. The molecule has 1 aliphatic rings. The SMILES string of the molecule is COC(=O)C(N)CCC(F)(F)C1CC1. The molecular formula is C9H15F2NO2. The molecule has 0 bridgehead atoms. The molecule has 2 N–H and O–H groups in total. The van der Waals surface area contributed by atoms with Crippen molar-refractivity contribution in [2.24, 2.45) is 11.7 Å². The molecule has 1 unspecified atom stereocenters. The van der Waals surface area contributed by atoms with E-state index in [0.29, 0.717) is 12.8 Å². The maximum atomic E-state index is 13.1. The lowest BCUT2D eigenvalue weighted by Gasteiger charge is -2.17. The maximum Gasteiger partial charge on any atom is 0.322 e. The number of carbonyl (C=O) groups excluding carboxylic acids is 1. The molecule has 0 heterocycles. The molecule has 0 radical (unpaired) electrons. The minimum atomic E-state index is -2.66. The second kappa shape index (κ2) is 4.21. The largest absolute Gasteiger partial charge is 0.468 e. The second-order valence-electron chi connectivity index (χ2n) is 3.70. The number of methoxy groups -OCH3 is 1. The van der Waals surface area contributed by atoms with Gasteiger partial charge in [-0.25, -0.2) is 8.78 Å². The minimum Gasteiger partial charge on any atom is -0.468 e. The van der Waals surface area contributed by atoms with E-state index in [-0.39, 0.29) is 12.8 Å². The lowest BCUT2D eigenvalue weighted by molar-refractivity contribution is -0.142. The van der Waals surface area contributed by atoms with Crippen molar-refractivity contribution >= 4 is 5.97 Å². The molecule has 1 atom stereocenters. The number of hydrogen-bond donors (Lipinski definition) is 1. The highest BCUT2D eigenvalue weighted by molar-refractivity contribution is 5.75. The molecule has 1 fully saturated rings. The van der Waals surface area contributed by atoms with Crippen molar-refractivity contribution in [1.82, 2.24) is 0 Å². The number of hydrogen-bond acceptors (Lipinski definition) is 3. The normalized spacial score (nSPS) is 19.1. The highest BCUT2D eigenvalue weighted by atomic mass is 19.3. The van der Waals surface area contributed by atoms with E-state index >= 15 is 0 Å². The molecule has 1 saturated carbocycles. The summed E-state index contributed by atoms with van der Waals surface area (Å²) in [4.78, 5) is 10.8. The molecule has 14 heavy (non-hydrogen) atoms. The van der Waals surface area contributed by atoms with Crippen LogP contribution in [0.2, 0.25) is 0 Å². The van der Waals surface area contributed by atoms with Crippen LogP contribution in [-0.4, -0.2) is 25.0 Å². The first-order valence-corrected chi connectivity index (χ1v) is 4.68. The summed E-state index contributed by atoms with van der Waals surface area (Å²) in [5.41, 5.74) is 5.35. The number of carbonyl (C=O) groups is 1. The van der Waals surface area contributed by atoms with E-state index in [1.165, 1.54) is 7.11 Å². The predicted molar refractivity (Wildman–Crippen MR) is 46.9 cm³/mol. The zero-order valence-electron chi connectivity index (χ0n) is 8.13. The van der Waals surface area contributed by atoms with Gasteiger partial charge in [-0.05, 0) is 19.3 Å². The van der Waals surface area contributed by atoms with Crippen LogP contribution in [0.3, 0.4) is 0 Å². The molecule has 0 saturated heterocycles. The van der Waals surface area contributed by atoms with Crippen molar-refractivity contribution in [2.75, 3.05) is 7.11 Å². The average Bonchev–Trinajstić information content (AvgIpc) is 2.96. The van der Waals surface area contributed by atoms with Gasteiger partial charge in [-0.15, -0.1) is 0 Å². The van der Waals surface area contributed by atoms with E-state index < -0.39 is 23.9 Å². The molecule has 82 valence electrons. The smallest absolute Gasteiger partial charge is 0.322 e. The topological polar surface area (TPSA) is 52.3 Å². The molecule has 0 aromatic heterocycles. The third-order valence-corrected chi connectivity index (χ3v) is 2.47. The predicted octanol–water partition coefficient (Wildman–Crippen LogP) is 1.31. The van der Waals surface area contributed by atoms with Crippen LogP contribution in [0, 0.1) is 5.92 Å². The summed E-state index contributed by atoms with van der Waals surface area (Å²) < 4.78 is 30.6. The highest BCUT2D eigenvalue weighted by Gasteiger charge is 2.46. The standard InChI is InChI=1S/C9H15F2NO2/c1-14-8(13)7(12)4-5-9(10,11)6-2-3-6/h6-7H,2-5,12H2,1H3. The van der Waals surface area contributed by atoms with Crippen LogP contribution >= 0.6 is 0 Å². The first-order valence-electron chi connectivity index (χ1n) is 4.68. The summed E-state index contributed by atoms with van der Waals surface area (Å²) in [6.45, 7) is 0. The molecular weight excluding hydrogens is 192 g/mol. The Kier molecular flexibility index (Phi) is 3.42. The summed E-state index contributed by atoms with van der Waals surface area (Å²) in [6.07, 6.45) is 0.824. The number of esters is 1. The molecule has 0 spiro atoms. The van der Waals surface area contributed by atoms with E-state index in [1.807, 2.05) is 0 Å². The Labute approximate surface area is 81.6 Å². The summed E-state index contributed by atoms with van der Waals surface area (Å²) in [7, 11) is 1.20. The Hall–Kier alpha value is -0.710. The number of alkyl halides is 2. The van der Waals surface area contributed by atoms with Crippen molar-refractivity contribution in [3.63, 3.8) is 0 Å². The van der Waals surface area contributed by atoms with E-state index in [2.05, 4.69) is 4.74 Å². The quantitative estimate of drug-likeness (QED) is 0.691. The Morgan fingerprint density at radius 2 is 2.21 bits per heavy atom. The molecule has 0 aliphatic heterocycles. The number of halogens is 2. The van der Waals surface area contributed by atoms with E-state index in [1.54, 1.807) is 0 Å². The fourth-order valence-electron chi connectivity index (χ4n) is 1.33. The molecule has 3 nitrogen and oxygen atoms in total. The van der Waals surface area contributed by atoms with Gasteiger partial charge in [0.15, 0.2) is 0 Å². The number of ether oxygens (including phenoxy) is 1. The van der Waals surface area contributed by atoms with Gasteiger partial charge in [0.05, 0.1) is 7.11 Å². The van der Waals surface area contributed by atoms with Crippen LogP contribution in [0.15, 0.2) is 0 Å². The first-order chi connectivity index (χ1) is 6.47. The fourth-order valence-corrected chi connectivity index (χ4v) is 1.33. The zero-order chi connectivity index (χ0) is 10.8. The van der Waals surface area contributed by atoms with Crippen molar-refractivity contribution in [1.29, 1.82) is 0 Å². The first kappa shape index (κ1) is 11.4. The number of nitrogens with two attached hydrogens (primary N) is 1. The van der Waals surface area contributed by atoms with Crippen LogP contribution in [0.5, 0.6) is 0 Å². The average molecular weight is 207 g/mol. The third-order valence-electron chi connectivity index (χ3n) is 2.47.